The fraction of sp³-hybridized carbons (Fsp3) is 0.357. The van der Waals surface area contributed by atoms with Crippen LogP contribution in [0.15, 0.2) is 24.5 Å². The van der Waals surface area contributed by atoms with Crippen LogP contribution in [0.2, 0.25) is 5.28 Å². The SMILES string of the molecule is COc1cnc(Cl)nc1-c1cccn1C(=O)OC(C)(C)C. The molecule has 0 radical (unpaired) electrons. The van der Waals surface area contributed by atoms with Gasteiger partial charge in [-0.25, -0.2) is 14.8 Å². The zero-order valence-electron chi connectivity index (χ0n) is 12.3. The van der Waals surface area contributed by atoms with E-state index < -0.39 is 11.7 Å². The van der Waals surface area contributed by atoms with Crippen LogP contribution in [-0.2, 0) is 4.74 Å². The van der Waals surface area contributed by atoms with Gasteiger partial charge in [0.15, 0.2) is 5.75 Å². The molecule has 7 heteroatoms. The lowest BCUT2D eigenvalue weighted by Crippen LogP contribution is -2.27. The van der Waals surface area contributed by atoms with Crippen molar-refractivity contribution in [1.29, 1.82) is 0 Å². The molecule has 2 aromatic heterocycles. The Kier molecular flexibility index (Phi) is 4.18. The van der Waals surface area contributed by atoms with E-state index in [4.69, 9.17) is 21.1 Å². The van der Waals surface area contributed by atoms with Crippen LogP contribution < -0.4 is 4.74 Å². The first-order chi connectivity index (χ1) is 9.81. The monoisotopic (exact) mass is 309 g/mol. The summed E-state index contributed by atoms with van der Waals surface area (Å²) in [5.41, 5.74) is 0.352. The van der Waals surface area contributed by atoms with Gasteiger partial charge in [0.25, 0.3) is 0 Å². The molecule has 112 valence electrons. The summed E-state index contributed by atoms with van der Waals surface area (Å²) in [6.07, 6.45) is 2.55. The third kappa shape index (κ3) is 3.52. The van der Waals surface area contributed by atoms with Gasteiger partial charge in [-0.1, -0.05) is 0 Å². The van der Waals surface area contributed by atoms with Gasteiger partial charge < -0.3 is 9.47 Å². The van der Waals surface area contributed by atoms with Crippen molar-refractivity contribution in [2.45, 2.75) is 26.4 Å². The number of nitrogens with zero attached hydrogens (tertiary/aromatic N) is 3. The summed E-state index contributed by atoms with van der Waals surface area (Å²) >= 11 is 5.83. The summed E-state index contributed by atoms with van der Waals surface area (Å²) < 4.78 is 11.9. The van der Waals surface area contributed by atoms with Gasteiger partial charge in [-0.15, -0.1) is 0 Å². The Morgan fingerprint density at radius 3 is 2.71 bits per heavy atom. The van der Waals surface area contributed by atoms with Crippen LogP contribution in [-0.4, -0.2) is 33.3 Å². The topological polar surface area (TPSA) is 66.2 Å². The lowest BCUT2D eigenvalue weighted by Gasteiger charge is -2.20. The van der Waals surface area contributed by atoms with Crippen molar-refractivity contribution in [3.63, 3.8) is 0 Å². The van der Waals surface area contributed by atoms with E-state index in [2.05, 4.69) is 9.97 Å². The van der Waals surface area contributed by atoms with Gasteiger partial charge in [-0.05, 0) is 44.5 Å². The third-order valence-corrected chi connectivity index (χ3v) is 2.71. The molecule has 0 bridgehead atoms. The van der Waals surface area contributed by atoms with Crippen LogP contribution in [0.4, 0.5) is 4.79 Å². The largest absolute Gasteiger partial charge is 0.493 e. The molecule has 2 aromatic rings. The Morgan fingerprint density at radius 1 is 1.38 bits per heavy atom. The molecule has 2 heterocycles. The lowest BCUT2D eigenvalue weighted by molar-refractivity contribution is 0.0540. The minimum absolute atomic E-state index is 0.0720. The number of rotatable bonds is 2. The zero-order valence-corrected chi connectivity index (χ0v) is 13.0. The predicted octanol–water partition coefficient (Wildman–Crippen LogP) is 3.39. The summed E-state index contributed by atoms with van der Waals surface area (Å²) in [5.74, 6) is 0.419. The zero-order chi connectivity index (χ0) is 15.6. The first-order valence-electron chi connectivity index (χ1n) is 6.29. The van der Waals surface area contributed by atoms with E-state index in [1.54, 1.807) is 39.1 Å². The number of carbonyl (C=O) groups excluding carboxylic acids is 1. The normalized spacial score (nSPS) is 11.3. The van der Waals surface area contributed by atoms with E-state index in [1.165, 1.54) is 17.9 Å². The van der Waals surface area contributed by atoms with Gasteiger partial charge in [0.2, 0.25) is 5.28 Å². The predicted molar refractivity (Wildman–Crippen MR) is 78.7 cm³/mol. The molecule has 0 aliphatic carbocycles. The number of aromatic nitrogens is 3. The highest BCUT2D eigenvalue weighted by molar-refractivity contribution is 6.28. The van der Waals surface area contributed by atoms with E-state index in [-0.39, 0.29) is 5.28 Å². The number of hydrogen-bond donors (Lipinski definition) is 0. The van der Waals surface area contributed by atoms with Crippen molar-refractivity contribution in [2.75, 3.05) is 7.11 Å². The van der Waals surface area contributed by atoms with Crippen LogP contribution >= 0.6 is 11.6 Å². The lowest BCUT2D eigenvalue weighted by atomic mass is 10.2. The minimum atomic E-state index is -0.591. The molecule has 0 saturated carbocycles. The highest BCUT2D eigenvalue weighted by Crippen LogP contribution is 2.29. The second-order valence-corrected chi connectivity index (χ2v) is 5.64. The van der Waals surface area contributed by atoms with Crippen LogP contribution in [0.25, 0.3) is 11.4 Å². The first kappa shape index (κ1) is 15.3. The van der Waals surface area contributed by atoms with Crippen LogP contribution in [0.1, 0.15) is 20.8 Å². The minimum Gasteiger partial charge on any atom is -0.493 e. The van der Waals surface area contributed by atoms with Crippen LogP contribution in [0, 0.1) is 0 Å². The molecule has 0 unspecified atom stereocenters. The molecule has 0 aromatic carbocycles. The van der Waals surface area contributed by atoms with E-state index in [0.29, 0.717) is 17.1 Å². The van der Waals surface area contributed by atoms with Gasteiger partial charge in [0, 0.05) is 6.20 Å². The molecular formula is C14H16ClN3O3. The van der Waals surface area contributed by atoms with Crippen LogP contribution in [0.3, 0.4) is 0 Å². The van der Waals surface area contributed by atoms with E-state index in [9.17, 15) is 4.79 Å². The molecule has 0 N–H and O–H groups in total. The molecule has 21 heavy (non-hydrogen) atoms. The molecule has 0 amide bonds. The fourth-order valence-electron chi connectivity index (χ4n) is 1.73. The molecule has 0 atom stereocenters. The summed E-state index contributed by atoms with van der Waals surface area (Å²) in [5, 5.41) is 0.0720. The first-order valence-corrected chi connectivity index (χ1v) is 6.67. The quantitative estimate of drug-likeness (QED) is 0.795. The summed E-state index contributed by atoms with van der Waals surface area (Å²) in [4.78, 5) is 20.2. The maximum Gasteiger partial charge on any atom is 0.419 e. The summed E-state index contributed by atoms with van der Waals surface area (Å²) in [6.45, 7) is 5.41. The van der Waals surface area contributed by atoms with Gasteiger partial charge in [0.05, 0.1) is 19.0 Å². The summed E-state index contributed by atoms with van der Waals surface area (Å²) in [7, 11) is 1.50. The molecular weight excluding hydrogens is 294 g/mol. The van der Waals surface area contributed by atoms with E-state index >= 15 is 0 Å². The van der Waals surface area contributed by atoms with Gasteiger partial charge >= 0.3 is 6.09 Å². The Morgan fingerprint density at radius 2 is 2.10 bits per heavy atom. The maximum absolute atomic E-state index is 12.2. The van der Waals surface area contributed by atoms with Crippen molar-refractivity contribution in [2.24, 2.45) is 0 Å². The molecule has 0 aliphatic rings. The standard InChI is InChI=1S/C14H16ClN3O3/c1-14(2,3)21-13(19)18-7-5-6-9(18)11-10(20-4)8-16-12(15)17-11/h5-8H,1-4H3. The maximum atomic E-state index is 12.2. The van der Waals surface area contributed by atoms with Gasteiger partial charge in [-0.3, -0.25) is 4.57 Å². The average molecular weight is 310 g/mol. The van der Waals surface area contributed by atoms with Crippen molar-refractivity contribution < 1.29 is 14.3 Å². The Bertz CT molecular complexity index is 662. The van der Waals surface area contributed by atoms with Crippen molar-refractivity contribution in [3.05, 3.63) is 29.8 Å². The van der Waals surface area contributed by atoms with Crippen molar-refractivity contribution in [3.8, 4) is 17.1 Å². The van der Waals surface area contributed by atoms with E-state index in [0.717, 1.165) is 0 Å². The Balaban J connectivity index is 2.46. The molecule has 0 saturated heterocycles. The highest BCUT2D eigenvalue weighted by Gasteiger charge is 2.22. The second-order valence-electron chi connectivity index (χ2n) is 5.30. The number of carbonyl (C=O) groups is 1. The number of methoxy groups -OCH3 is 1. The number of ether oxygens (including phenoxy) is 2. The van der Waals surface area contributed by atoms with Crippen molar-refractivity contribution >= 4 is 17.7 Å². The molecule has 0 fully saturated rings. The molecule has 0 spiro atoms. The summed E-state index contributed by atoms with van der Waals surface area (Å²) in [6, 6.07) is 3.44. The molecule has 0 aliphatic heterocycles. The smallest absolute Gasteiger partial charge is 0.419 e. The number of halogens is 1. The van der Waals surface area contributed by atoms with Gasteiger partial charge in [-0.2, -0.15) is 0 Å². The van der Waals surface area contributed by atoms with E-state index in [1.807, 2.05) is 0 Å². The highest BCUT2D eigenvalue weighted by atomic mass is 35.5. The second kappa shape index (κ2) is 5.73. The Hall–Kier alpha value is -2.08. The number of hydrogen-bond acceptors (Lipinski definition) is 5. The van der Waals surface area contributed by atoms with Gasteiger partial charge in [0.1, 0.15) is 11.3 Å². The Labute approximate surface area is 127 Å². The molecule has 2 rings (SSSR count). The third-order valence-electron chi connectivity index (χ3n) is 2.53. The average Bonchev–Trinajstić information content (AvgIpc) is 2.85. The van der Waals surface area contributed by atoms with Crippen LogP contribution in [0.5, 0.6) is 5.75 Å². The van der Waals surface area contributed by atoms with Crippen molar-refractivity contribution in [1.82, 2.24) is 14.5 Å². The fourth-order valence-corrected chi connectivity index (χ4v) is 1.86. The molecule has 6 nitrogen and oxygen atoms in total.